The number of amides is 1. The van der Waals surface area contributed by atoms with Crippen LogP contribution in [0.2, 0.25) is 0 Å². The minimum Gasteiger partial charge on any atom is -0.399 e. The molecule has 0 radical (unpaired) electrons. The van der Waals surface area contributed by atoms with E-state index in [0.29, 0.717) is 13.0 Å². The summed E-state index contributed by atoms with van der Waals surface area (Å²) in [5.41, 5.74) is 14.6. The molecule has 0 bridgehead atoms. The van der Waals surface area contributed by atoms with E-state index in [1.54, 1.807) is 0 Å². The molecule has 0 aromatic heterocycles. The van der Waals surface area contributed by atoms with Crippen molar-refractivity contribution in [2.24, 2.45) is 11.1 Å². The maximum Gasteiger partial charge on any atom is 0.227 e. The van der Waals surface area contributed by atoms with Gasteiger partial charge in [0.05, 0.1) is 0 Å². The average molecular weight is 261 g/mol. The highest BCUT2D eigenvalue weighted by molar-refractivity contribution is 5.96. The van der Waals surface area contributed by atoms with Crippen molar-refractivity contribution < 1.29 is 4.79 Å². The van der Waals surface area contributed by atoms with Gasteiger partial charge in [-0.25, -0.2) is 0 Å². The van der Waals surface area contributed by atoms with Crippen LogP contribution in [-0.4, -0.2) is 19.0 Å². The Kier molecular flexibility index (Phi) is 3.80. The first-order valence-corrected chi connectivity index (χ1v) is 6.82. The topological polar surface area (TPSA) is 72.3 Å². The second kappa shape index (κ2) is 5.21. The molecule has 1 amide bonds. The Morgan fingerprint density at radius 3 is 2.74 bits per heavy atom. The standard InChI is InChI=1S/C15H23N3O/c1-15(2,10-16)7-8-18-13-5-4-12(17)9-11(13)3-6-14(18)19/h4-5,9H,3,6-8,10,16-17H2,1-2H3. The Hall–Kier alpha value is -1.55. The number of fused-ring (bicyclic) bond motifs is 1. The molecule has 0 saturated carbocycles. The fraction of sp³-hybridized carbons (Fsp3) is 0.533. The molecule has 104 valence electrons. The van der Waals surface area contributed by atoms with Crippen LogP contribution in [0.1, 0.15) is 32.3 Å². The summed E-state index contributed by atoms with van der Waals surface area (Å²) < 4.78 is 0. The van der Waals surface area contributed by atoms with Gasteiger partial charge in [-0.05, 0) is 48.6 Å². The summed E-state index contributed by atoms with van der Waals surface area (Å²) in [6, 6.07) is 5.79. The number of nitrogens with zero attached hydrogens (tertiary/aromatic N) is 1. The van der Waals surface area contributed by atoms with E-state index in [-0.39, 0.29) is 11.3 Å². The van der Waals surface area contributed by atoms with E-state index in [1.807, 2.05) is 23.1 Å². The first-order chi connectivity index (χ1) is 8.93. The number of aryl methyl sites for hydroxylation is 1. The summed E-state index contributed by atoms with van der Waals surface area (Å²) in [6.45, 7) is 5.61. The third-order valence-corrected chi connectivity index (χ3v) is 3.87. The van der Waals surface area contributed by atoms with Gasteiger partial charge in [0.15, 0.2) is 0 Å². The van der Waals surface area contributed by atoms with Crippen molar-refractivity contribution in [2.75, 3.05) is 23.7 Å². The minimum absolute atomic E-state index is 0.0612. The molecule has 0 unspecified atom stereocenters. The largest absolute Gasteiger partial charge is 0.399 e. The first-order valence-electron chi connectivity index (χ1n) is 6.82. The SMILES string of the molecule is CC(C)(CN)CCN1C(=O)CCc2cc(N)ccc21. The van der Waals surface area contributed by atoms with Gasteiger partial charge in [0, 0.05) is 24.3 Å². The van der Waals surface area contributed by atoms with Gasteiger partial charge >= 0.3 is 0 Å². The molecule has 1 heterocycles. The molecule has 1 aromatic carbocycles. The zero-order valence-corrected chi connectivity index (χ0v) is 11.8. The molecule has 1 aromatic rings. The monoisotopic (exact) mass is 261 g/mol. The molecule has 0 aliphatic carbocycles. The van der Waals surface area contributed by atoms with Crippen molar-refractivity contribution >= 4 is 17.3 Å². The number of carbonyl (C=O) groups is 1. The quantitative estimate of drug-likeness (QED) is 0.813. The summed E-state index contributed by atoms with van der Waals surface area (Å²) in [6.07, 6.45) is 2.26. The van der Waals surface area contributed by atoms with E-state index >= 15 is 0 Å². The highest BCUT2D eigenvalue weighted by Gasteiger charge is 2.26. The van der Waals surface area contributed by atoms with Crippen LogP contribution in [0.3, 0.4) is 0 Å². The highest BCUT2D eigenvalue weighted by atomic mass is 16.2. The second-order valence-electron chi connectivity index (χ2n) is 6.05. The van der Waals surface area contributed by atoms with Crippen molar-refractivity contribution in [1.82, 2.24) is 0 Å². The first kappa shape index (κ1) is 13.9. The lowest BCUT2D eigenvalue weighted by Gasteiger charge is -2.32. The van der Waals surface area contributed by atoms with Crippen molar-refractivity contribution in [3.8, 4) is 0 Å². The molecular weight excluding hydrogens is 238 g/mol. The zero-order chi connectivity index (χ0) is 14.0. The normalized spacial score (nSPS) is 15.5. The summed E-state index contributed by atoms with van der Waals surface area (Å²) in [5.74, 6) is 0.199. The van der Waals surface area contributed by atoms with Crippen LogP contribution in [0.5, 0.6) is 0 Å². The van der Waals surface area contributed by atoms with E-state index in [0.717, 1.165) is 30.8 Å². The average Bonchev–Trinajstić information content (AvgIpc) is 2.38. The number of nitrogen functional groups attached to an aromatic ring is 1. The predicted molar refractivity (Wildman–Crippen MR) is 79.0 cm³/mol. The Morgan fingerprint density at radius 2 is 2.05 bits per heavy atom. The maximum absolute atomic E-state index is 12.1. The molecule has 0 spiro atoms. The predicted octanol–water partition coefficient (Wildman–Crippen LogP) is 1.92. The summed E-state index contributed by atoms with van der Waals surface area (Å²) >= 11 is 0. The summed E-state index contributed by atoms with van der Waals surface area (Å²) in [4.78, 5) is 14.0. The summed E-state index contributed by atoms with van der Waals surface area (Å²) in [7, 11) is 0. The molecule has 0 atom stereocenters. The fourth-order valence-corrected chi connectivity index (χ4v) is 2.34. The molecule has 2 rings (SSSR count). The minimum atomic E-state index is 0.0612. The van der Waals surface area contributed by atoms with Gasteiger partial charge in [0.25, 0.3) is 0 Å². The van der Waals surface area contributed by atoms with Crippen molar-refractivity contribution in [2.45, 2.75) is 33.1 Å². The molecule has 0 saturated heterocycles. The molecule has 0 fully saturated rings. The third-order valence-electron chi connectivity index (χ3n) is 3.87. The Bertz CT molecular complexity index is 482. The smallest absolute Gasteiger partial charge is 0.227 e. The van der Waals surface area contributed by atoms with Gasteiger partial charge in [-0.1, -0.05) is 13.8 Å². The zero-order valence-electron chi connectivity index (χ0n) is 11.8. The molecule has 4 nitrogen and oxygen atoms in total. The lowest BCUT2D eigenvalue weighted by atomic mass is 9.89. The van der Waals surface area contributed by atoms with Crippen LogP contribution in [-0.2, 0) is 11.2 Å². The number of hydrogen-bond donors (Lipinski definition) is 2. The number of benzene rings is 1. The number of anilines is 2. The number of nitrogens with two attached hydrogens (primary N) is 2. The molecule has 19 heavy (non-hydrogen) atoms. The maximum atomic E-state index is 12.1. The van der Waals surface area contributed by atoms with Gasteiger partial charge in [-0.3, -0.25) is 4.79 Å². The van der Waals surface area contributed by atoms with Crippen LogP contribution in [0, 0.1) is 5.41 Å². The van der Waals surface area contributed by atoms with Crippen molar-refractivity contribution in [1.29, 1.82) is 0 Å². The Morgan fingerprint density at radius 1 is 1.32 bits per heavy atom. The van der Waals surface area contributed by atoms with Crippen molar-refractivity contribution in [3.63, 3.8) is 0 Å². The Balaban J connectivity index is 2.19. The van der Waals surface area contributed by atoms with Crippen LogP contribution in [0.25, 0.3) is 0 Å². The molecule has 4 N–H and O–H groups in total. The van der Waals surface area contributed by atoms with E-state index in [2.05, 4.69) is 13.8 Å². The van der Waals surface area contributed by atoms with Gasteiger partial charge in [-0.2, -0.15) is 0 Å². The second-order valence-corrected chi connectivity index (χ2v) is 6.05. The molecule has 1 aliphatic rings. The summed E-state index contributed by atoms with van der Waals surface area (Å²) in [5, 5.41) is 0. The third kappa shape index (κ3) is 3.07. The fourth-order valence-electron chi connectivity index (χ4n) is 2.34. The number of rotatable bonds is 4. The van der Waals surface area contributed by atoms with E-state index < -0.39 is 0 Å². The van der Waals surface area contributed by atoms with Gasteiger partial charge in [0.1, 0.15) is 0 Å². The van der Waals surface area contributed by atoms with Gasteiger partial charge in [-0.15, -0.1) is 0 Å². The number of hydrogen-bond acceptors (Lipinski definition) is 3. The highest BCUT2D eigenvalue weighted by Crippen LogP contribution is 2.31. The van der Waals surface area contributed by atoms with E-state index in [1.165, 1.54) is 5.56 Å². The van der Waals surface area contributed by atoms with Crippen LogP contribution < -0.4 is 16.4 Å². The molecule has 1 aliphatic heterocycles. The van der Waals surface area contributed by atoms with Crippen LogP contribution in [0.4, 0.5) is 11.4 Å². The molecule has 4 heteroatoms. The van der Waals surface area contributed by atoms with Gasteiger partial charge < -0.3 is 16.4 Å². The van der Waals surface area contributed by atoms with Crippen molar-refractivity contribution in [3.05, 3.63) is 23.8 Å². The van der Waals surface area contributed by atoms with Crippen LogP contribution >= 0.6 is 0 Å². The molecular formula is C15H23N3O. The van der Waals surface area contributed by atoms with Gasteiger partial charge in [0.2, 0.25) is 5.91 Å². The van der Waals surface area contributed by atoms with E-state index in [9.17, 15) is 4.79 Å². The van der Waals surface area contributed by atoms with E-state index in [4.69, 9.17) is 11.5 Å². The van der Waals surface area contributed by atoms with Crippen LogP contribution in [0.15, 0.2) is 18.2 Å². The lowest BCUT2D eigenvalue weighted by Crippen LogP contribution is -2.38. The Labute approximate surface area is 114 Å². The lowest BCUT2D eigenvalue weighted by molar-refractivity contribution is -0.119. The number of carbonyl (C=O) groups excluding carboxylic acids is 1.